The van der Waals surface area contributed by atoms with Crippen molar-refractivity contribution in [2.45, 2.75) is 127 Å². The number of carbonyl (C=O) groups excluding carboxylic acids is 13. The molecule has 572 valence electrons. The zero-order chi connectivity index (χ0) is 77.4. The number of nitrogens with one attached hydrogen (secondary N) is 9. The summed E-state index contributed by atoms with van der Waals surface area (Å²) in [5.41, 5.74) is 6.73. The third-order valence-electron chi connectivity index (χ3n) is 18.1. The first-order valence-electron chi connectivity index (χ1n) is 35.1. The molecule has 2 aliphatic heterocycles. The molecule has 2 aromatic heterocycles. The molecular weight excluding hydrogens is 1400 g/mol. The Balaban J connectivity index is 0.759. The maximum atomic E-state index is 14.1. The van der Waals surface area contributed by atoms with Crippen LogP contribution in [0.4, 0.5) is 16.2 Å². The SMILES string of the molecule is COC(=O)C[C@@H]1Nc2ccc(C(=O)N(C)Cc3nc4ccccc4[nH]3)cc2CN(CCCNC(=O)CC[C@H](NC(=O)CC[C@H](NC(=O)OCc2ccccc2)C(=O)N[C@@H](CCC(=O)NCCCN2Cc3cc(C(=O)N(C)Cc4nc5ccccc5[nH]4)ccc3N[C@@H](CC(=O)OC)C2=O)C(=O)OC)C(=O)OC)C1=O. The number of hydrogen-bond donors (Lipinski definition) is 9. The molecule has 108 heavy (non-hydrogen) atoms. The van der Waals surface area contributed by atoms with E-state index in [-0.39, 0.29) is 122 Å². The number of imidazole rings is 2. The van der Waals surface area contributed by atoms with E-state index in [2.05, 4.69) is 57.2 Å². The lowest BCUT2D eigenvalue weighted by atomic mass is 10.1. The normalized spacial score (nSPS) is 14.6. The Morgan fingerprint density at radius 1 is 0.519 bits per heavy atom. The molecule has 0 bridgehead atoms. The van der Waals surface area contributed by atoms with E-state index >= 15 is 0 Å². The van der Waals surface area contributed by atoms with Gasteiger partial charge in [0.2, 0.25) is 35.4 Å². The topological polar surface area (TPSA) is 423 Å². The molecule has 5 atom stereocenters. The predicted molar refractivity (Wildman–Crippen MR) is 390 cm³/mol. The summed E-state index contributed by atoms with van der Waals surface area (Å²) in [5.74, 6) is -6.26. The zero-order valence-corrected chi connectivity index (χ0v) is 60.8. The van der Waals surface area contributed by atoms with Crippen LogP contribution in [0.1, 0.15) is 113 Å². The number of H-pyrrole nitrogens is 2. The van der Waals surface area contributed by atoms with Gasteiger partial charge in [0.1, 0.15) is 48.5 Å². The van der Waals surface area contributed by atoms with E-state index in [1.165, 1.54) is 33.8 Å². The van der Waals surface area contributed by atoms with Crippen molar-refractivity contribution in [2.75, 3.05) is 79.3 Å². The van der Waals surface area contributed by atoms with Gasteiger partial charge in [-0.1, -0.05) is 54.6 Å². The van der Waals surface area contributed by atoms with E-state index in [1.807, 2.05) is 48.5 Å². The van der Waals surface area contributed by atoms with Gasteiger partial charge in [0.15, 0.2) is 0 Å². The molecule has 33 heteroatoms. The minimum Gasteiger partial charge on any atom is -0.469 e. The summed E-state index contributed by atoms with van der Waals surface area (Å²) < 4.78 is 25.1. The Labute approximate surface area is 621 Å². The molecule has 9 amide bonds. The van der Waals surface area contributed by atoms with Crippen molar-refractivity contribution in [3.63, 3.8) is 0 Å². The molecule has 0 fully saturated rings. The molecule has 0 radical (unpaired) electrons. The molecule has 33 nitrogen and oxygen atoms in total. The van der Waals surface area contributed by atoms with Gasteiger partial charge in [-0.05, 0) is 109 Å². The van der Waals surface area contributed by atoms with Crippen LogP contribution in [0.25, 0.3) is 22.1 Å². The maximum Gasteiger partial charge on any atom is 0.408 e. The first-order chi connectivity index (χ1) is 52.0. The number of carbonyl (C=O) groups is 13. The number of aromatic amines is 2. The average Bonchev–Trinajstić information content (AvgIpc) is 1.63. The molecule has 9 rings (SSSR count). The highest BCUT2D eigenvalue weighted by atomic mass is 16.6. The summed E-state index contributed by atoms with van der Waals surface area (Å²) in [6, 6.07) is 27.1. The summed E-state index contributed by atoms with van der Waals surface area (Å²) >= 11 is 0. The molecule has 5 aromatic carbocycles. The van der Waals surface area contributed by atoms with Crippen molar-refractivity contribution in [1.82, 2.24) is 66.1 Å². The molecule has 0 unspecified atom stereocenters. The number of ether oxygens (including phenoxy) is 5. The molecule has 2 aliphatic rings. The first kappa shape index (κ1) is 79.7. The Kier molecular flexibility index (Phi) is 28.4. The second kappa shape index (κ2) is 38.5. The fraction of sp³-hybridized carbons (Fsp3) is 0.400. The van der Waals surface area contributed by atoms with Gasteiger partial charge >= 0.3 is 30.0 Å². The van der Waals surface area contributed by atoms with Crippen molar-refractivity contribution in [3.05, 3.63) is 155 Å². The Hall–Kier alpha value is -12.5. The molecule has 0 saturated carbocycles. The van der Waals surface area contributed by atoms with E-state index < -0.39 is 108 Å². The number of aromatic nitrogens is 4. The minimum absolute atomic E-state index is 0.0377. The predicted octanol–water partition coefficient (Wildman–Crippen LogP) is 4.02. The van der Waals surface area contributed by atoms with E-state index in [0.29, 0.717) is 50.8 Å². The van der Waals surface area contributed by atoms with Crippen LogP contribution >= 0.6 is 0 Å². The number of methoxy groups -OCH3 is 4. The number of benzene rings is 5. The fourth-order valence-electron chi connectivity index (χ4n) is 12.3. The highest BCUT2D eigenvalue weighted by molar-refractivity contribution is 5.98. The lowest BCUT2D eigenvalue weighted by Crippen LogP contribution is -2.52. The van der Waals surface area contributed by atoms with Gasteiger partial charge < -0.3 is 90.5 Å². The number of hydrogen-bond acceptors (Lipinski definition) is 22. The molecule has 9 N–H and O–H groups in total. The van der Waals surface area contributed by atoms with Gasteiger partial charge in [-0.3, -0.25) is 47.9 Å². The number of rotatable bonds is 35. The van der Waals surface area contributed by atoms with Crippen LogP contribution in [0.15, 0.2) is 115 Å². The highest BCUT2D eigenvalue weighted by Gasteiger charge is 2.35. The molecule has 4 heterocycles. The van der Waals surface area contributed by atoms with Gasteiger partial charge in [0.25, 0.3) is 11.8 Å². The third kappa shape index (κ3) is 22.3. The van der Waals surface area contributed by atoms with Gasteiger partial charge in [0.05, 0.1) is 76.4 Å². The number of anilines is 2. The number of esters is 4. The van der Waals surface area contributed by atoms with Gasteiger partial charge in [-0.15, -0.1) is 0 Å². The van der Waals surface area contributed by atoms with Crippen LogP contribution in [0.2, 0.25) is 0 Å². The van der Waals surface area contributed by atoms with E-state index in [0.717, 1.165) is 36.3 Å². The first-order valence-corrected chi connectivity index (χ1v) is 35.1. The Morgan fingerprint density at radius 2 is 0.954 bits per heavy atom. The molecule has 7 aromatic rings. The molecule has 0 saturated heterocycles. The highest BCUT2D eigenvalue weighted by Crippen LogP contribution is 2.29. The van der Waals surface area contributed by atoms with Crippen molar-refractivity contribution < 1.29 is 86.0 Å². The summed E-state index contributed by atoms with van der Waals surface area (Å²) in [4.78, 5) is 196. The van der Waals surface area contributed by atoms with Gasteiger partial charge in [-0.25, -0.2) is 24.4 Å². The molecular formula is C75H89N15O18. The lowest BCUT2D eigenvalue weighted by molar-refractivity contribution is -0.145. The van der Waals surface area contributed by atoms with Crippen LogP contribution in [0.5, 0.6) is 0 Å². The van der Waals surface area contributed by atoms with Crippen LogP contribution in [0.3, 0.4) is 0 Å². The molecule has 0 aliphatic carbocycles. The lowest BCUT2D eigenvalue weighted by Gasteiger charge is -2.24. The van der Waals surface area contributed by atoms with Crippen molar-refractivity contribution >= 4 is 111 Å². The zero-order valence-electron chi connectivity index (χ0n) is 60.8. The summed E-state index contributed by atoms with van der Waals surface area (Å²) in [6.07, 6.45) is -3.34. The number of fused-ring (bicyclic) bond motifs is 4. The van der Waals surface area contributed by atoms with Crippen LogP contribution in [-0.2, 0) is 104 Å². The third-order valence-corrected chi connectivity index (χ3v) is 18.1. The van der Waals surface area contributed by atoms with Crippen LogP contribution in [0, 0.1) is 0 Å². The fourth-order valence-corrected chi connectivity index (χ4v) is 12.3. The second-order valence-corrected chi connectivity index (χ2v) is 26.0. The molecule has 0 spiro atoms. The Bertz CT molecular complexity index is 4370. The van der Waals surface area contributed by atoms with E-state index in [1.54, 1.807) is 80.8 Å². The summed E-state index contributed by atoms with van der Waals surface area (Å²) in [7, 11) is 7.87. The number of para-hydroxylation sites is 4. The Morgan fingerprint density at radius 3 is 1.41 bits per heavy atom. The largest absolute Gasteiger partial charge is 0.469 e. The van der Waals surface area contributed by atoms with Gasteiger partial charge in [-0.2, -0.15) is 0 Å². The maximum absolute atomic E-state index is 14.1. The monoisotopic (exact) mass is 1490 g/mol. The van der Waals surface area contributed by atoms with E-state index in [4.69, 9.17) is 23.7 Å². The van der Waals surface area contributed by atoms with Crippen molar-refractivity contribution in [3.8, 4) is 0 Å². The van der Waals surface area contributed by atoms with Crippen LogP contribution in [-0.4, -0.2) is 216 Å². The number of nitrogens with zero attached hydrogens (tertiary/aromatic N) is 6. The average molecular weight is 1490 g/mol. The van der Waals surface area contributed by atoms with E-state index in [9.17, 15) is 62.3 Å². The quantitative estimate of drug-likeness (QED) is 0.0154. The van der Waals surface area contributed by atoms with Crippen molar-refractivity contribution in [2.24, 2.45) is 0 Å². The number of amides is 9. The minimum atomic E-state index is -1.57. The summed E-state index contributed by atoms with van der Waals surface area (Å²) in [6.45, 7) is 0.551. The van der Waals surface area contributed by atoms with Gasteiger partial charge in [0, 0.05) is 95.1 Å². The number of alkyl carbamates (subject to hydrolysis) is 1. The standard InChI is InChI=1S/C75H89N15O18/c1-87(42-61-80-52-18-10-11-19-53(52)81-61)69(97)46-22-24-50-48(36-46)40-89(71(99)59(78-50)38-66(94)104-3)34-14-32-76-63(91)29-27-57(73(101)106-5)84-65(93)31-26-56(86-75(103)108-44-45-16-8-7-9-17-45)68(96)85-58(74(102)107-6)28-30-64(92)77-33-15-35-90-41-49-37-47(23-25-51(49)79-60(72(90)100)39-67(95)105-4)70(98)88(2)43-62-82-54-20-12-13-21-55(54)83-62/h7-13,16-25,36-37,56-60,78-79H,14-15,26-35,38-44H2,1-6H3,(H,76,91)(H,77,92)(H,80,81)(H,82,83)(H,84,93)(H,85,96)(H,86,103)/t56-,57-,58-,59-,60-/m0/s1. The van der Waals surface area contributed by atoms with Crippen molar-refractivity contribution in [1.29, 1.82) is 0 Å². The second-order valence-electron chi connectivity index (χ2n) is 26.0. The summed E-state index contributed by atoms with van der Waals surface area (Å²) in [5, 5.41) is 19.3. The smallest absolute Gasteiger partial charge is 0.408 e. The van der Waals surface area contributed by atoms with Crippen LogP contribution < -0.4 is 37.2 Å².